The van der Waals surface area contributed by atoms with Gasteiger partial charge in [-0.1, -0.05) is 25.7 Å². The molecule has 4 nitrogen and oxygen atoms in total. The second kappa shape index (κ2) is 6.04. The lowest BCUT2D eigenvalue weighted by Gasteiger charge is -2.17. The largest absolute Gasteiger partial charge is 0.370 e. The van der Waals surface area contributed by atoms with Crippen LogP contribution in [0.1, 0.15) is 51.4 Å². The molecule has 0 bridgehead atoms. The van der Waals surface area contributed by atoms with Crippen molar-refractivity contribution in [2.75, 3.05) is 12.8 Å². The highest BCUT2D eigenvalue weighted by atomic mass is 32.2. The van der Waals surface area contributed by atoms with E-state index in [0.29, 0.717) is 18.5 Å². The number of rotatable bonds is 4. The van der Waals surface area contributed by atoms with Crippen LogP contribution in [0.2, 0.25) is 0 Å². The molecular weight excluding hydrogens is 246 g/mol. The minimum Gasteiger partial charge on any atom is -0.370 e. The number of nitrogens with zero attached hydrogens (tertiary/aromatic N) is 1. The van der Waals surface area contributed by atoms with E-state index < -0.39 is 10.8 Å². The van der Waals surface area contributed by atoms with Crippen molar-refractivity contribution in [3.8, 4) is 0 Å². The second-order valence-corrected chi connectivity index (χ2v) is 7.45. The summed E-state index contributed by atoms with van der Waals surface area (Å²) in [4.78, 5) is 4.39. The maximum Gasteiger partial charge on any atom is 0.188 e. The molecule has 3 N–H and O–H groups in total. The molecule has 0 aromatic carbocycles. The van der Waals surface area contributed by atoms with Crippen LogP contribution in [-0.2, 0) is 10.8 Å². The van der Waals surface area contributed by atoms with Gasteiger partial charge in [-0.15, -0.1) is 0 Å². The number of guanidine groups is 1. The fourth-order valence-electron chi connectivity index (χ4n) is 2.58. The smallest absolute Gasteiger partial charge is 0.188 e. The number of nitrogens with one attached hydrogen (secondary N) is 1. The molecule has 0 aliphatic heterocycles. The molecular formula is C13H25N3OS. The molecule has 0 heterocycles. The molecule has 2 aliphatic carbocycles. The van der Waals surface area contributed by atoms with Gasteiger partial charge < -0.3 is 11.1 Å². The molecule has 18 heavy (non-hydrogen) atoms. The van der Waals surface area contributed by atoms with Crippen molar-refractivity contribution in [3.05, 3.63) is 0 Å². The number of hydrogen-bond acceptors (Lipinski definition) is 2. The molecule has 0 radical (unpaired) electrons. The van der Waals surface area contributed by atoms with Crippen molar-refractivity contribution >= 4 is 16.8 Å². The summed E-state index contributed by atoms with van der Waals surface area (Å²) in [7, 11) is -0.781. The maximum atomic E-state index is 11.6. The van der Waals surface area contributed by atoms with Crippen LogP contribution in [0, 0.1) is 0 Å². The van der Waals surface area contributed by atoms with E-state index in [0.717, 1.165) is 12.8 Å². The fourth-order valence-corrected chi connectivity index (χ4v) is 3.51. The van der Waals surface area contributed by atoms with E-state index >= 15 is 0 Å². The zero-order valence-corrected chi connectivity index (χ0v) is 12.1. The Morgan fingerprint density at radius 2 is 1.94 bits per heavy atom. The fraction of sp³-hybridized carbons (Fsp3) is 0.923. The van der Waals surface area contributed by atoms with Gasteiger partial charge in [-0.25, -0.2) is 0 Å². The van der Waals surface area contributed by atoms with E-state index in [9.17, 15) is 4.21 Å². The Bertz CT molecular complexity index is 331. The topological polar surface area (TPSA) is 67.5 Å². The monoisotopic (exact) mass is 271 g/mol. The molecule has 0 aromatic rings. The van der Waals surface area contributed by atoms with Crippen LogP contribution >= 0.6 is 0 Å². The van der Waals surface area contributed by atoms with Crippen molar-refractivity contribution in [1.82, 2.24) is 5.32 Å². The summed E-state index contributed by atoms with van der Waals surface area (Å²) < 4.78 is 11.5. The molecule has 1 unspecified atom stereocenters. The molecule has 2 aliphatic rings. The normalized spacial score (nSPS) is 26.4. The molecule has 2 rings (SSSR count). The first-order chi connectivity index (χ1) is 8.62. The third kappa shape index (κ3) is 3.70. The number of hydrogen-bond donors (Lipinski definition) is 2. The first kappa shape index (κ1) is 13.8. The SMILES string of the molecule is CS(=O)C1(CN=C(N)NC2CCCCCC2)CC1. The quantitative estimate of drug-likeness (QED) is 0.463. The minimum atomic E-state index is -0.781. The van der Waals surface area contributed by atoms with Gasteiger partial charge in [0.05, 0.1) is 11.3 Å². The summed E-state index contributed by atoms with van der Waals surface area (Å²) >= 11 is 0. The van der Waals surface area contributed by atoms with Crippen LogP contribution in [0.25, 0.3) is 0 Å². The molecule has 2 fully saturated rings. The predicted molar refractivity (Wildman–Crippen MR) is 77.1 cm³/mol. The van der Waals surface area contributed by atoms with Gasteiger partial charge in [-0.3, -0.25) is 9.20 Å². The van der Waals surface area contributed by atoms with Crippen LogP contribution in [0.5, 0.6) is 0 Å². The Morgan fingerprint density at radius 3 is 2.44 bits per heavy atom. The number of nitrogens with two attached hydrogens (primary N) is 1. The van der Waals surface area contributed by atoms with Crippen LogP contribution < -0.4 is 11.1 Å². The van der Waals surface area contributed by atoms with E-state index in [1.54, 1.807) is 6.26 Å². The van der Waals surface area contributed by atoms with E-state index in [4.69, 9.17) is 5.73 Å². The van der Waals surface area contributed by atoms with Crippen molar-refractivity contribution in [2.24, 2.45) is 10.7 Å². The average Bonchev–Trinajstić information content (AvgIpc) is 3.12. The highest BCUT2D eigenvalue weighted by Crippen LogP contribution is 2.41. The Kier molecular flexibility index (Phi) is 4.65. The Balaban J connectivity index is 1.79. The van der Waals surface area contributed by atoms with E-state index in [-0.39, 0.29) is 4.75 Å². The average molecular weight is 271 g/mol. The molecule has 0 amide bonds. The molecule has 104 valence electrons. The third-order valence-corrected chi connectivity index (χ3v) is 5.92. The van der Waals surface area contributed by atoms with Gasteiger partial charge in [0.2, 0.25) is 0 Å². The molecule has 0 spiro atoms. The van der Waals surface area contributed by atoms with Crippen molar-refractivity contribution in [2.45, 2.75) is 62.2 Å². The molecule has 5 heteroatoms. The van der Waals surface area contributed by atoms with Crippen LogP contribution in [0.3, 0.4) is 0 Å². The molecule has 0 aromatic heterocycles. The van der Waals surface area contributed by atoms with Gasteiger partial charge in [-0.05, 0) is 25.7 Å². The van der Waals surface area contributed by atoms with E-state index in [2.05, 4.69) is 10.3 Å². The zero-order valence-electron chi connectivity index (χ0n) is 11.3. The van der Waals surface area contributed by atoms with E-state index in [1.807, 2.05) is 0 Å². The lowest BCUT2D eigenvalue weighted by atomic mass is 10.1. The lowest BCUT2D eigenvalue weighted by molar-refractivity contribution is 0.530. The van der Waals surface area contributed by atoms with Crippen LogP contribution in [0.4, 0.5) is 0 Å². The van der Waals surface area contributed by atoms with E-state index in [1.165, 1.54) is 38.5 Å². The van der Waals surface area contributed by atoms with Crippen molar-refractivity contribution in [3.63, 3.8) is 0 Å². The summed E-state index contributed by atoms with van der Waals surface area (Å²) in [5.41, 5.74) is 5.93. The summed E-state index contributed by atoms with van der Waals surface area (Å²) in [6.07, 6.45) is 11.5. The highest BCUT2D eigenvalue weighted by molar-refractivity contribution is 7.86. The Hall–Kier alpha value is -0.580. The molecule has 0 saturated heterocycles. The minimum absolute atomic E-state index is 0.0598. The first-order valence-electron chi connectivity index (χ1n) is 7.02. The zero-order chi connectivity index (χ0) is 13.0. The predicted octanol–water partition coefficient (Wildman–Crippen LogP) is 1.52. The Labute approximate surface area is 112 Å². The molecule has 1 atom stereocenters. The summed E-state index contributed by atoms with van der Waals surface area (Å²) in [5, 5.41) is 3.33. The van der Waals surface area contributed by atoms with Gasteiger partial charge in [0.25, 0.3) is 0 Å². The van der Waals surface area contributed by atoms with Crippen LogP contribution in [-0.4, -0.2) is 33.8 Å². The standard InChI is InChI=1S/C13H25N3OS/c1-18(17)13(8-9-13)10-15-12(14)16-11-6-4-2-3-5-7-11/h11H,2-10H2,1H3,(H3,14,15,16). The second-order valence-electron chi connectivity index (χ2n) is 5.67. The van der Waals surface area contributed by atoms with Crippen LogP contribution in [0.15, 0.2) is 4.99 Å². The summed E-state index contributed by atoms with van der Waals surface area (Å²) in [6, 6.07) is 0.485. The first-order valence-corrected chi connectivity index (χ1v) is 8.58. The van der Waals surface area contributed by atoms with Crippen molar-refractivity contribution in [1.29, 1.82) is 0 Å². The van der Waals surface area contributed by atoms with Gasteiger partial charge in [0.15, 0.2) is 5.96 Å². The van der Waals surface area contributed by atoms with Gasteiger partial charge in [0.1, 0.15) is 0 Å². The lowest BCUT2D eigenvalue weighted by Crippen LogP contribution is -2.40. The maximum absolute atomic E-state index is 11.6. The van der Waals surface area contributed by atoms with Gasteiger partial charge in [0, 0.05) is 23.1 Å². The highest BCUT2D eigenvalue weighted by Gasteiger charge is 2.46. The molecule has 2 saturated carbocycles. The van der Waals surface area contributed by atoms with Gasteiger partial charge >= 0.3 is 0 Å². The van der Waals surface area contributed by atoms with Gasteiger partial charge in [-0.2, -0.15) is 0 Å². The van der Waals surface area contributed by atoms with Crippen molar-refractivity contribution < 1.29 is 4.21 Å². The summed E-state index contributed by atoms with van der Waals surface area (Å²) in [6.45, 7) is 0.613. The number of aliphatic imine (C=N–C) groups is 1. The Morgan fingerprint density at radius 1 is 1.33 bits per heavy atom. The summed E-state index contributed by atoms with van der Waals surface area (Å²) in [5.74, 6) is 0.540. The third-order valence-electron chi connectivity index (χ3n) is 4.16.